The van der Waals surface area contributed by atoms with Crippen molar-refractivity contribution in [3.05, 3.63) is 65.5 Å². The van der Waals surface area contributed by atoms with Gasteiger partial charge in [-0.3, -0.25) is 19.3 Å². The Morgan fingerprint density at radius 3 is 2.75 bits per heavy atom. The van der Waals surface area contributed by atoms with Gasteiger partial charge in [0.25, 0.3) is 5.91 Å². The number of hydrogen-bond acceptors (Lipinski definition) is 3. The van der Waals surface area contributed by atoms with Crippen molar-refractivity contribution in [1.29, 1.82) is 0 Å². The standard InChI is InChI=1S/C21H20FN3O3/c1-21-10-9-19(27)25(21)17-8-3-2-7-16(17)20(28)24(21)13-18(26)23-12-14-5-4-6-15(22)11-14/h2-8,11H,9-10,12-13H2,1H3,(H,23,26). The van der Waals surface area contributed by atoms with Crippen LogP contribution in [0.2, 0.25) is 0 Å². The fourth-order valence-corrected chi connectivity index (χ4v) is 3.99. The first kappa shape index (κ1) is 18.2. The molecule has 6 nitrogen and oxygen atoms in total. The molecular weight excluding hydrogens is 361 g/mol. The lowest BCUT2D eigenvalue weighted by Gasteiger charge is -2.48. The van der Waals surface area contributed by atoms with Crippen molar-refractivity contribution in [2.24, 2.45) is 0 Å². The smallest absolute Gasteiger partial charge is 0.258 e. The molecule has 1 saturated heterocycles. The summed E-state index contributed by atoms with van der Waals surface area (Å²) in [5.41, 5.74) is 0.758. The summed E-state index contributed by atoms with van der Waals surface area (Å²) < 4.78 is 13.3. The molecular formula is C21H20FN3O3. The largest absolute Gasteiger partial charge is 0.350 e. The summed E-state index contributed by atoms with van der Waals surface area (Å²) >= 11 is 0. The topological polar surface area (TPSA) is 69.7 Å². The quantitative estimate of drug-likeness (QED) is 0.884. The minimum atomic E-state index is -0.876. The van der Waals surface area contributed by atoms with E-state index in [-0.39, 0.29) is 36.6 Å². The van der Waals surface area contributed by atoms with Gasteiger partial charge in [-0.15, -0.1) is 0 Å². The Labute approximate surface area is 161 Å². The number of nitrogens with one attached hydrogen (secondary N) is 1. The second-order valence-corrected chi connectivity index (χ2v) is 7.26. The Morgan fingerprint density at radius 2 is 1.96 bits per heavy atom. The third-order valence-electron chi connectivity index (χ3n) is 5.43. The molecule has 4 rings (SSSR count). The zero-order valence-electron chi connectivity index (χ0n) is 15.4. The molecule has 28 heavy (non-hydrogen) atoms. The van der Waals surface area contributed by atoms with Crippen LogP contribution in [0, 0.1) is 5.82 Å². The van der Waals surface area contributed by atoms with Crippen molar-refractivity contribution < 1.29 is 18.8 Å². The van der Waals surface area contributed by atoms with Crippen molar-refractivity contribution in [3.63, 3.8) is 0 Å². The summed E-state index contributed by atoms with van der Waals surface area (Å²) in [4.78, 5) is 41.2. The predicted molar refractivity (Wildman–Crippen MR) is 101 cm³/mol. The van der Waals surface area contributed by atoms with Crippen LogP contribution in [-0.4, -0.2) is 34.8 Å². The number of rotatable bonds is 4. The molecule has 0 saturated carbocycles. The van der Waals surface area contributed by atoms with Crippen molar-refractivity contribution in [3.8, 4) is 0 Å². The molecule has 0 aromatic heterocycles. The van der Waals surface area contributed by atoms with E-state index in [0.29, 0.717) is 29.7 Å². The van der Waals surface area contributed by atoms with Crippen molar-refractivity contribution >= 4 is 23.4 Å². The highest BCUT2D eigenvalue weighted by molar-refractivity contribution is 6.11. The lowest BCUT2D eigenvalue weighted by molar-refractivity contribution is -0.124. The van der Waals surface area contributed by atoms with Crippen molar-refractivity contribution in [1.82, 2.24) is 10.2 Å². The average Bonchev–Trinajstić information content (AvgIpc) is 2.99. The summed E-state index contributed by atoms with van der Waals surface area (Å²) in [6, 6.07) is 12.9. The maximum atomic E-state index is 13.3. The Morgan fingerprint density at radius 1 is 1.18 bits per heavy atom. The summed E-state index contributed by atoms with van der Waals surface area (Å²) in [7, 11) is 0. The van der Waals surface area contributed by atoms with Crippen LogP contribution in [0.5, 0.6) is 0 Å². The summed E-state index contributed by atoms with van der Waals surface area (Å²) in [5, 5.41) is 2.72. The van der Waals surface area contributed by atoms with Gasteiger partial charge in [0.1, 0.15) is 18.0 Å². The molecule has 2 aromatic carbocycles. The number of benzene rings is 2. The van der Waals surface area contributed by atoms with Gasteiger partial charge in [-0.2, -0.15) is 0 Å². The van der Waals surface area contributed by atoms with Crippen LogP contribution in [-0.2, 0) is 16.1 Å². The normalized spacial score (nSPS) is 20.8. The molecule has 2 aliphatic heterocycles. The Hall–Kier alpha value is -3.22. The molecule has 1 unspecified atom stereocenters. The van der Waals surface area contributed by atoms with Gasteiger partial charge in [0, 0.05) is 13.0 Å². The number of nitrogens with zero attached hydrogens (tertiary/aromatic N) is 2. The molecule has 1 fully saturated rings. The van der Waals surface area contributed by atoms with Gasteiger partial charge < -0.3 is 10.2 Å². The fourth-order valence-electron chi connectivity index (χ4n) is 3.99. The van der Waals surface area contributed by atoms with E-state index < -0.39 is 5.66 Å². The van der Waals surface area contributed by atoms with Crippen LogP contribution in [0.15, 0.2) is 48.5 Å². The maximum absolute atomic E-state index is 13.3. The second-order valence-electron chi connectivity index (χ2n) is 7.26. The second kappa shape index (κ2) is 6.74. The molecule has 0 spiro atoms. The summed E-state index contributed by atoms with van der Waals surface area (Å²) in [6.07, 6.45) is 0.780. The first-order valence-corrected chi connectivity index (χ1v) is 9.15. The maximum Gasteiger partial charge on any atom is 0.258 e. The molecule has 2 heterocycles. The number of para-hydroxylation sites is 1. The number of amides is 3. The Kier molecular flexibility index (Phi) is 4.37. The minimum absolute atomic E-state index is 0.0624. The van der Waals surface area contributed by atoms with E-state index in [9.17, 15) is 18.8 Å². The van der Waals surface area contributed by atoms with Gasteiger partial charge in [-0.25, -0.2) is 4.39 Å². The van der Waals surface area contributed by atoms with Gasteiger partial charge >= 0.3 is 0 Å². The Balaban J connectivity index is 1.56. The van der Waals surface area contributed by atoms with Crippen LogP contribution >= 0.6 is 0 Å². The third-order valence-corrected chi connectivity index (χ3v) is 5.43. The highest BCUT2D eigenvalue weighted by Gasteiger charge is 2.53. The number of fused-ring (bicyclic) bond motifs is 3. The lowest BCUT2D eigenvalue weighted by atomic mass is 9.98. The molecule has 0 aliphatic carbocycles. The van der Waals surface area contributed by atoms with E-state index in [1.807, 2.05) is 6.92 Å². The zero-order chi connectivity index (χ0) is 19.9. The molecule has 3 amide bonds. The molecule has 2 aliphatic rings. The Bertz CT molecular complexity index is 977. The highest BCUT2D eigenvalue weighted by atomic mass is 19.1. The van der Waals surface area contributed by atoms with Crippen LogP contribution in [0.4, 0.5) is 10.1 Å². The van der Waals surface area contributed by atoms with Crippen molar-refractivity contribution in [2.45, 2.75) is 32.0 Å². The van der Waals surface area contributed by atoms with Crippen LogP contribution in [0.25, 0.3) is 0 Å². The number of hydrogen-bond donors (Lipinski definition) is 1. The monoisotopic (exact) mass is 381 g/mol. The van der Waals surface area contributed by atoms with Gasteiger partial charge in [0.05, 0.1) is 11.3 Å². The lowest BCUT2D eigenvalue weighted by Crippen LogP contribution is -2.63. The fraction of sp³-hybridized carbons (Fsp3) is 0.286. The number of anilines is 1. The van der Waals surface area contributed by atoms with Gasteiger partial charge in [-0.1, -0.05) is 24.3 Å². The predicted octanol–water partition coefficient (Wildman–Crippen LogP) is 2.44. The van der Waals surface area contributed by atoms with Gasteiger partial charge in [0.2, 0.25) is 11.8 Å². The van der Waals surface area contributed by atoms with Crippen molar-refractivity contribution in [2.75, 3.05) is 11.4 Å². The highest BCUT2D eigenvalue weighted by Crippen LogP contribution is 2.43. The van der Waals surface area contributed by atoms with E-state index in [1.54, 1.807) is 41.3 Å². The van der Waals surface area contributed by atoms with Crippen LogP contribution in [0.1, 0.15) is 35.7 Å². The number of carbonyl (C=O) groups is 3. The molecule has 1 atom stereocenters. The first-order valence-electron chi connectivity index (χ1n) is 9.15. The summed E-state index contributed by atoms with van der Waals surface area (Å²) in [5.74, 6) is -1.07. The van der Waals surface area contributed by atoms with Crippen LogP contribution in [0.3, 0.4) is 0 Å². The van der Waals surface area contributed by atoms with E-state index in [4.69, 9.17) is 0 Å². The minimum Gasteiger partial charge on any atom is -0.350 e. The van der Waals surface area contributed by atoms with E-state index in [2.05, 4.69) is 5.32 Å². The van der Waals surface area contributed by atoms with E-state index >= 15 is 0 Å². The number of carbonyl (C=O) groups excluding carboxylic acids is 3. The van der Waals surface area contributed by atoms with E-state index in [0.717, 1.165) is 0 Å². The summed E-state index contributed by atoms with van der Waals surface area (Å²) in [6.45, 7) is 1.79. The molecule has 1 N–H and O–H groups in total. The first-order chi connectivity index (χ1) is 13.4. The molecule has 7 heteroatoms. The molecule has 0 bridgehead atoms. The van der Waals surface area contributed by atoms with E-state index in [1.165, 1.54) is 17.0 Å². The van der Waals surface area contributed by atoms with Crippen LogP contribution < -0.4 is 10.2 Å². The van der Waals surface area contributed by atoms with Gasteiger partial charge in [0.15, 0.2) is 0 Å². The zero-order valence-corrected chi connectivity index (χ0v) is 15.4. The third kappa shape index (κ3) is 2.93. The van der Waals surface area contributed by atoms with Gasteiger partial charge in [-0.05, 0) is 43.2 Å². The number of halogens is 1. The molecule has 144 valence electrons. The average molecular weight is 381 g/mol. The SMILES string of the molecule is CC12CCC(=O)N1c1ccccc1C(=O)N2CC(=O)NCc1cccc(F)c1. The molecule has 0 radical (unpaired) electrons. The molecule has 2 aromatic rings.